The molecule has 1 amide bonds. The van der Waals surface area contributed by atoms with Crippen molar-refractivity contribution in [2.45, 2.75) is 26.2 Å². The van der Waals surface area contributed by atoms with Crippen molar-refractivity contribution in [3.8, 4) is 0 Å². The lowest BCUT2D eigenvalue weighted by Gasteiger charge is -2.15. The molecule has 2 aromatic rings. The molecule has 0 spiro atoms. The van der Waals surface area contributed by atoms with Crippen LogP contribution >= 0.6 is 11.3 Å². The Hall–Kier alpha value is -1.82. The topological polar surface area (TPSA) is 42.0 Å². The second-order valence-corrected chi connectivity index (χ2v) is 6.40. The van der Waals surface area contributed by atoms with Gasteiger partial charge in [0.2, 0.25) is 0 Å². The zero-order valence-corrected chi connectivity index (χ0v) is 12.3. The van der Waals surface area contributed by atoms with Crippen LogP contribution in [0.25, 0.3) is 0 Å². The minimum absolute atomic E-state index is 0.0791. The number of rotatable bonds is 2. The SMILES string of the molecule is C[C@@H]1CCc2nc(NC(=O)c3ccc(F)c(F)c3)sc2C1. The Kier molecular flexibility index (Phi) is 3.71. The largest absolute Gasteiger partial charge is 0.298 e. The van der Waals surface area contributed by atoms with Gasteiger partial charge in [-0.25, -0.2) is 13.8 Å². The van der Waals surface area contributed by atoms with Crippen molar-refractivity contribution in [2.24, 2.45) is 5.92 Å². The third kappa shape index (κ3) is 2.95. The third-order valence-electron chi connectivity index (χ3n) is 3.59. The number of hydrogen-bond donors (Lipinski definition) is 1. The quantitative estimate of drug-likeness (QED) is 0.917. The van der Waals surface area contributed by atoms with Gasteiger partial charge in [-0.1, -0.05) is 6.92 Å². The monoisotopic (exact) mass is 308 g/mol. The Labute approximate surface area is 125 Å². The van der Waals surface area contributed by atoms with Crippen LogP contribution in [0.5, 0.6) is 0 Å². The Morgan fingerprint density at radius 1 is 1.38 bits per heavy atom. The fraction of sp³-hybridized carbons (Fsp3) is 0.333. The molecule has 0 fully saturated rings. The molecule has 0 unspecified atom stereocenters. The number of carbonyl (C=O) groups excluding carboxylic acids is 1. The van der Waals surface area contributed by atoms with Crippen molar-refractivity contribution in [2.75, 3.05) is 5.32 Å². The van der Waals surface area contributed by atoms with Crippen molar-refractivity contribution in [1.29, 1.82) is 0 Å². The van der Waals surface area contributed by atoms with Gasteiger partial charge in [-0.05, 0) is 43.4 Å². The second-order valence-electron chi connectivity index (χ2n) is 5.32. The molecule has 3 rings (SSSR count). The summed E-state index contributed by atoms with van der Waals surface area (Å²) in [5, 5.41) is 3.17. The number of carbonyl (C=O) groups is 1. The Morgan fingerprint density at radius 3 is 2.95 bits per heavy atom. The predicted molar refractivity (Wildman–Crippen MR) is 77.6 cm³/mol. The first kappa shape index (κ1) is 14.1. The van der Waals surface area contributed by atoms with Gasteiger partial charge in [0.1, 0.15) is 0 Å². The summed E-state index contributed by atoms with van der Waals surface area (Å²) in [5.74, 6) is -1.85. The standard InChI is InChI=1S/C15H14F2N2OS/c1-8-2-5-12-13(6-8)21-15(18-12)19-14(20)9-3-4-10(16)11(17)7-9/h3-4,7-8H,2,5-6H2,1H3,(H,18,19,20)/t8-/m1/s1. The van der Waals surface area contributed by atoms with Gasteiger partial charge >= 0.3 is 0 Å². The van der Waals surface area contributed by atoms with E-state index in [9.17, 15) is 13.6 Å². The maximum Gasteiger partial charge on any atom is 0.257 e. The molecule has 21 heavy (non-hydrogen) atoms. The highest BCUT2D eigenvalue weighted by Gasteiger charge is 2.20. The molecule has 6 heteroatoms. The van der Waals surface area contributed by atoms with Gasteiger partial charge in [-0.3, -0.25) is 10.1 Å². The summed E-state index contributed by atoms with van der Waals surface area (Å²) in [6.45, 7) is 2.20. The lowest BCUT2D eigenvalue weighted by molar-refractivity contribution is 0.102. The number of nitrogens with zero attached hydrogens (tertiary/aromatic N) is 1. The molecule has 1 atom stereocenters. The number of halogens is 2. The summed E-state index contributed by atoms with van der Waals surface area (Å²) < 4.78 is 26.0. The molecular weight excluding hydrogens is 294 g/mol. The molecule has 1 N–H and O–H groups in total. The summed E-state index contributed by atoms with van der Waals surface area (Å²) in [4.78, 5) is 17.6. The molecule has 1 aromatic heterocycles. The Bertz CT molecular complexity index is 699. The van der Waals surface area contributed by atoms with Gasteiger partial charge in [0.15, 0.2) is 16.8 Å². The molecule has 110 valence electrons. The molecular formula is C15H14F2N2OS. The van der Waals surface area contributed by atoms with E-state index in [4.69, 9.17) is 0 Å². The number of amides is 1. The van der Waals surface area contributed by atoms with E-state index < -0.39 is 17.5 Å². The number of nitrogens with one attached hydrogen (secondary N) is 1. The second kappa shape index (κ2) is 5.52. The van der Waals surface area contributed by atoms with Crippen LogP contribution in [-0.2, 0) is 12.8 Å². The minimum Gasteiger partial charge on any atom is -0.298 e. The van der Waals surface area contributed by atoms with Crippen LogP contribution in [0.4, 0.5) is 13.9 Å². The van der Waals surface area contributed by atoms with E-state index in [1.54, 1.807) is 0 Å². The number of anilines is 1. The fourth-order valence-corrected chi connectivity index (χ4v) is 3.57. The van der Waals surface area contributed by atoms with Crippen LogP contribution in [0.3, 0.4) is 0 Å². The van der Waals surface area contributed by atoms with Crippen LogP contribution in [0, 0.1) is 17.6 Å². The number of benzene rings is 1. The predicted octanol–water partition coefficient (Wildman–Crippen LogP) is 3.80. The first-order chi connectivity index (χ1) is 10.0. The smallest absolute Gasteiger partial charge is 0.257 e. The maximum atomic E-state index is 13.1. The summed E-state index contributed by atoms with van der Waals surface area (Å²) >= 11 is 1.46. The summed E-state index contributed by atoms with van der Waals surface area (Å²) in [6.07, 6.45) is 3.01. The molecule has 1 aliphatic carbocycles. The molecule has 3 nitrogen and oxygen atoms in total. The zero-order chi connectivity index (χ0) is 15.0. The van der Waals surface area contributed by atoms with Crippen molar-refractivity contribution in [3.63, 3.8) is 0 Å². The van der Waals surface area contributed by atoms with Crippen LogP contribution in [0.2, 0.25) is 0 Å². The summed E-state index contributed by atoms with van der Waals surface area (Å²) in [6, 6.07) is 3.09. The van der Waals surface area contributed by atoms with E-state index in [1.807, 2.05) is 0 Å². The maximum absolute atomic E-state index is 13.1. The highest BCUT2D eigenvalue weighted by molar-refractivity contribution is 7.15. The van der Waals surface area contributed by atoms with Crippen molar-refractivity contribution < 1.29 is 13.6 Å². The third-order valence-corrected chi connectivity index (χ3v) is 4.62. The van der Waals surface area contributed by atoms with Crippen molar-refractivity contribution >= 4 is 22.4 Å². The number of aromatic nitrogens is 1. The lowest BCUT2D eigenvalue weighted by atomic mass is 9.93. The van der Waals surface area contributed by atoms with E-state index in [-0.39, 0.29) is 5.56 Å². The number of aryl methyl sites for hydroxylation is 1. The fourth-order valence-electron chi connectivity index (χ4n) is 2.40. The summed E-state index contributed by atoms with van der Waals surface area (Å²) in [7, 11) is 0. The Balaban J connectivity index is 1.77. The van der Waals surface area contributed by atoms with Crippen LogP contribution in [0.15, 0.2) is 18.2 Å². The van der Waals surface area contributed by atoms with E-state index >= 15 is 0 Å². The number of fused-ring (bicyclic) bond motifs is 1. The number of hydrogen-bond acceptors (Lipinski definition) is 3. The van der Waals surface area contributed by atoms with Gasteiger partial charge in [0, 0.05) is 10.4 Å². The molecule has 1 heterocycles. The van der Waals surface area contributed by atoms with Crippen LogP contribution < -0.4 is 5.32 Å². The van der Waals surface area contributed by atoms with E-state index in [0.29, 0.717) is 11.0 Å². The first-order valence-corrected chi connectivity index (χ1v) is 7.59. The molecule has 0 radical (unpaired) electrons. The minimum atomic E-state index is -1.03. The normalized spacial score (nSPS) is 17.4. The average molecular weight is 308 g/mol. The first-order valence-electron chi connectivity index (χ1n) is 6.78. The van der Waals surface area contributed by atoms with Gasteiger partial charge in [0.25, 0.3) is 5.91 Å². The van der Waals surface area contributed by atoms with Crippen LogP contribution in [0.1, 0.15) is 34.3 Å². The summed E-state index contributed by atoms with van der Waals surface area (Å²) in [5.41, 5.74) is 1.12. The molecule has 0 saturated carbocycles. The zero-order valence-electron chi connectivity index (χ0n) is 11.5. The molecule has 1 aliphatic rings. The highest BCUT2D eigenvalue weighted by atomic mass is 32.1. The molecule has 0 bridgehead atoms. The van der Waals surface area contributed by atoms with E-state index in [1.165, 1.54) is 22.3 Å². The Morgan fingerprint density at radius 2 is 2.19 bits per heavy atom. The molecule has 0 saturated heterocycles. The highest BCUT2D eigenvalue weighted by Crippen LogP contribution is 2.32. The van der Waals surface area contributed by atoms with Crippen molar-refractivity contribution in [3.05, 3.63) is 46.0 Å². The van der Waals surface area contributed by atoms with Crippen molar-refractivity contribution in [1.82, 2.24) is 4.98 Å². The average Bonchev–Trinajstić information content (AvgIpc) is 2.83. The van der Waals surface area contributed by atoms with Gasteiger partial charge < -0.3 is 0 Å². The number of thiazole rings is 1. The van der Waals surface area contributed by atoms with E-state index in [2.05, 4.69) is 17.2 Å². The van der Waals surface area contributed by atoms with E-state index in [0.717, 1.165) is 37.1 Å². The lowest BCUT2D eigenvalue weighted by Crippen LogP contribution is -2.12. The van der Waals surface area contributed by atoms with Gasteiger partial charge in [0.05, 0.1) is 5.69 Å². The van der Waals surface area contributed by atoms with Gasteiger partial charge in [-0.15, -0.1) is 11.3 Å². The molecule has 1 aromatic carbocycles. The molecule has 0 aliphatic heterocycles. The van der Waals surface area contributed by atoms with Crippen LogP contribution in [-0.4, -0.2) is 10.9 Å². The van der Waals surface area contributed by atoms with Gasteiger partial charge in [-0.2, -0.15) is 0 Å².